The fourth-order valence-electron chi connectivity index (χ4n) is 2.22. The molecular weight excluding hydrogens is 230 g/mol. The molecule has 1 fully saturated rings. The maximum absolute atomic E-state index is 11.9. The predicted octanol–water partition coefficient (Wildman–Crippen LogP) is 0.339. The molecule has 0 aromatic carbocycles. The monoisotopic (exact) mass is 257 g/mol. The van der Waals surface area contributed by atoms with Gasteiger partial charge in [-0.2, -0.15) is 0 Å². The quantitative estimate of drug-likeness (QED) is 0.745. The van der Waals surface area contributed by atoms with E-state index in [0.717, 1.165) is 19.6 Å². The topological polar surface area (TPSA) is 67.6 Å². The number of carbonyl (C=O) groups is 1. The molecule has 0 bridgehead atoms. The van der Waals surface area contributed by atoms with Crippen molar-refractivity contribution in [2.75, 3.05) is 26.8 Å². The lowest BCUT2D eigenvalue weighted by atomic mass is 10.1. The van der Waals surface area contributed by atoms with Gasteiger partial charge in [-0.15, -0.1) is 0 Å². The lowest BCUT2D eigenvalue weighted by Gasteiger charge is -2.32. The third-order valence-electron chi connectivity index (χ3n) is 3.27. The second-order valence-corrected chi connectivity index (χ2v) is 6.07. The van der Waals surface area contributed by atoms with E-state index >= 15 is 0 Å². The molecule has 18 heavy (non-hydrogen) atoms. The van der Waals surface area contributed by atoms with Gasteiger partial charge in [-0.05, 0) is 34.2 Å². The summed E-state index contributed by atoms with van der Waals surface area (Å²) in [5, 5.41) is 2.98. The van der Waals surface area contributed by atoms with E-state index in [-0.39, 0.29) is 17.5 Å². The number of hydrogen-bond acceptors (Lipinski definition) is 4. The number of rotatable bonds is 5. The van der Waals surface area contributed by atoms with Gasteiger partial charge in [0.1, 0.15) is 0 Å². The van der Waals surface area contributed by atoms with Crippen LogP contribution in [0.3, 0.4) is 0 Å². The molecule has 0 radical (unpaired) electrons. The Morgan fingerprint density at radius 2 is 2.22 bits per heavy atom. The standard InChI is InChI=1S/C13H27N3O2/c1-13(2,3)15-12(17)7-11(8-14)16(4)10-5-6-18-9-10/h10-11H,5-9,14H2,1-4H3,(H,15,17). The van der Waals surface area contributed by atoms with Gasteiger partial charge in [0.05, 0.1) is 6.61 Å². The van der Waals surface area contributed by atoms with Crippen LogP contribution >= 0.6 is 0 Å². The first-order chi connectivity index (χ1) is 8.33. The van der Waals surface area contributed by atoms with Crippen LogP contribution in [0.5, 0.6) is 0 Å². The van der Waals surface area contributed by atoms with Crippen molar-refractivity contribution in [3.63, 3.8) is 0 Å². The van der Waals surface area contributed by atoms with Crippen LogP contribution in [-0.2, 0) is 9.53 Å². The molecule has 0 aromatic heterocycles. The lowest BCUT2D eigenvalue weighted by molar-refractivity contribution is -0.123. The maximum atomic E-state index is 11.9. The normalized spacial score (nSPS) is 22.2. The Kier molecular flexibility index (Phi) is 5.56. The van der Waals surface area contributed by atoms with Crippen LogP contribution in [0.15, 0.2) is 0 Å². The van der Waals surface area contributed by atoms with Crippen LogP contribution in [0.2, 0.25) is 0 Å². The van der Waals surface area contributed by atoms with Gasteiger partial charge in [0.15, 0.2) is 0 Å². The summed E-state index contributed by atoms with van der Waals surface area (Å²) in [6, 6.07) is 0.472. The van der Waals surface area contributed by atoms with E-state index in [2.05, 4.69) is 10.2 Å². The summed E-state index contributed by atoms with van der Waals surface area (Å²) in [5.41, 5.74) is 5.60. The summed E-state index contributed by atoms with van der Waals surface area (Å²) >= 11 is 0. The van der Waals surface area contributed by atoms with Crippen molar-refractivity contribution < 1.29 is 9.53 Å². The van der Waals surface area contributed by atoms with Crippen molar-refractivity contribution in [3.8, 4) is 0 Å². The van der Waals surface area contributed by atoms with Crippen molar-refractivity contribution in [3.05, 3.63) is 0 Å². The Hall–Kier alpha value is -0.650. The number of likely N-dealkylation sites (N-methyl/N-ethyl adjacent to an activating group) is 1. The molecular formula is C13H27N3O2. The molecule has 2 atom stereocenters. The van der Waals surface area contributed by atoms with Gasteiger partial charge in [0, 0.05) is 37.2 Å². The molecule has 0 spiro atoms. The number of nitrogens with one attached hydrogen (secondary N) is 1. The van der Waals surface area contributed by atoms with Crippen LogP contribution < -0.4 is 11.1 Å². The second kappa shape index (κ2) is 6.50. The van der Waals surface area contributed by atoms with E-state index in [1.54, 1.807) is 0 Å². The SMILES string of the molecule is CN(C1CCOC1)C(CN)CC(=O)NC(C)(C)C. The van der Waals surface area contributed by atoms with Crippen LogP contribution in [0, 0.1) is 0 Å². The molecule has 1 aliphatic heterocycles. The molecule has 2 unspecified atom stereocenters. The minimum atomic E-state index is -0.189. The minimum Gasteiger partial charge on any atom is -0.380 e. The average molecular weight is 257 g/mol. The Morgan fingerprint density at radius 1 is 1.56 bits per heavy atom. The fourth-order valence-corrected chi connectivity index (χ4v) is 2.22. The van der Waals surface area contributed by atoms with Gasteiger partial charge in [0.25, 0.3) is 0 Å². The van der Waals surface area contributed by atoms with Crippen LogP contribution in [-0.4, -0.2) is 55.2 Å². The van der Waals surface area contributed by atoms with Gasteiger partial charge in [-0.1, -0.05) is 0 Å². The summed E-state index contributed by atoms with van der Waals surface area (Å²) in [6.45, 7) is 7.99. The largest absolute Gasteiger partial charge is 0.380 e. The summed E-state index contributed by atoms with van der Waals surface area (Å²) < 4.78 is 5.38. The Balaban J connectivity index is 2.47. The molecule has 0 aliphatic carbocycles. The Bertz CT molecular complexity index is 270. The molecule has 5 nitrogen and oxygen atoms in total. The number of amides is 1. The molecule has 1 aliphatic rings. The zero-order valence-electron chi connectivity index (χ0n) is 12.0. The van der Waals surface area contributed by atoms with E-state index in [4.69, 9.17) is 10.5 Å². The number of nitrogens with two attached hydrogens (primary N) is 1. The summed E-state index contributed by atoms with van der Waals surface area (Å²) in [6.07, 6.45) is 1.47. The zero-order valence-corrected chi connectivity index (χ0v) is 12.0. The molecule has 1 saturated heterocycles. The molecule has 0 aromatic rings. The van der Waals surface area contributed by atoms with Crippen molar-refractivity contribution in [2.24, 2.45) is 5.73 Å². The highest BCUT2D eigenvalue weighted by atomic mass is 16.5. The molecule has 1 amide bonds. The van der Waals surface area contributed by atoms with Crippen molar-refractivity contribution in [1.29, 1.82) is 0 Å². The lowest BCUT2D eigenvalue weighted by Crippen LogP contribution is -2.49. The second-order valence-electron chi connectivity index (χ2n) is 6.07. The first-order valence-corrected chi connectivity index (χ1v) is 6.64. The molecule has 0 saturated carbocycles. The first kappa shape index (κ1) is 15.4. The minimum absolute atomic E-state index is 0.0590. The summed E-state index contributed by atoms with van der Waals surface area (Å²) in [5.74, 6) is 0.0590. The van der Waals surface area contributed by atoms with Gasteiger partial charge in [-0.3, -0.25) is 9.69 Å². The molecule has 1 heterocycles. The molecule has 5 heteroatoms. The molecule has 106 valence electrons. The van der Waals surface area contributed by atoms with E-state index in [1.165, 1.54) is 0 Å². The van der Waals surface area contributed by atoms with E-state index in [0.29, 0.717) is 19.0 Å². The number of ether oxygens (including phenoxy) is 1. The van der Waals surface area contributed by atoms with Crippen molar-refractivity contribution in [2.45, 2.75) is 51.2 Å². The highest BCUT2D eigenvalue weighted by molar-refractivity contribution is 5.77. The van der Waals surface area contributed by atoms with E-state index < -0.39 is 0 Å². The zero-order chi connectivity index (χ0) is 13.8. The smallest absolute Gasteiger partial charge is 0.222 e. The predicted molar refractivity (Wildman–Crippen MR) is 72.3 cm³/mol. The Morgan fingerprint density at radius 3 is 2.67 bits per heavy atom. The number of carbonyl (C=O) groups excluding carboxylic acids is 1. The van der Waals surface area contributed by atoms with Crippen LogP contribution in [0.4, 0.5) is 0 Å². The first-order valence-electron chi connectivity index (χ1n) is 6.64. The van der Waals surface area contributed by atoms with Gasteiger partial charge in [0.2, 0.25) is 5.91 Å². The summed E-state index contributed by atoms with van der Waals surface area (Å²) in [7, 11) is 2.03. The van der Waals surface area contributed by atoms with E-state index in [1.807, 2.05) is 27.8 Å². The number of hydrogen-bond donors (Lipinski definition) is 2. The van der Waals surface area contributed by atoms with Crippen molar-refractivity contribution in [1.82, 2.24) is 10.2 Å². The Labute approximate surface area is 110 Å². The molecule has 3 N–H and O–H groups in total. The average Bonchev–Trinajstić information content (AvgIpc) is 2.75. The van der Waals surface area contributed by atoms with Crippen LogP contribution in [0.1, 0.15) is 33.6 Å². The molecule has 1 rings (SSSR count). The van der Waals surface area contributed by atoms with Gasteiger partial charge < -0.3 is 15.8 Å². The highest BCUT2D eigenvalue weighted by Gasteiger charge is 2.27. The summed E-state index contributed by atoms with van der Waals surface area (Å²) in [4.78, 5) is 14.1. The van der Waals surface area contributed by atoms with E-state index in [9.17, 15) is 4.79 Å². The highest BCUT2D eigenvalue weighted by Crippen LogP contribution is 2.15. The van der Waals surface area contributed by atoms with Gasteiger partial charge >= 0.3 is 0 Å². The third-order valence-corrected chi connectivity index (χ3v) is 3.27. The van der Waals surface area contributed by atoms with Gasteiger partial charge in [-0.25, -0.2) is 0 Å². The fraction of sp³-hybridized carbons (Fsp3) is 0.923. The van der Waals surface area contributed by atoms with Crippen LogP contribution in [0.25, 0.3) is 0 Å². The maximum Gasteiger partial charge on any atom is 0.222 e. The third kappa shape index (κ3) is 4.92. The van der Waals surface area contributed by atoms with Crippen molar-refractivity contribution >= 4 is 5.91 Å². The number of nitrogens with zero attached hydrogens (tertiary/aromatic N) is 1.